The summed E-state index contributed by atoms with van der Waals surface area (Å²) in [4.78, 5) is 16.1. The predicted octanol–water partition coefficient (Wildman–Crippen LogP) is 4.45. The van der Waals surface area contributed by atoms with Gasteiger partial charge in [-0.2, -0.15) is 0 Å². The van der Waals surface area contributed by atoms with Gasteiger partial charge in [0.1, 0.15) is 0 Å². The van der Waals surface area contributed by atoms with Crippen LogP contribution in [-0.4, -0.2) is 18.2 Å². The summed E-state index contributed by atoms with van der Waals surface area (Å²) in [5, 5.41) is 0. The highest BCUT2D eigenvalue weighted by Gasteiger charge is 2.25. The fraction of sp³-hybridized carbons (Fsp3) is 0.278. The molecule has 0 fully saturated rings. The third-order valence-electron chi connectivity index (χ3n) is 3.84. The molecule has 1 aliphatic rings. The number of carbonyl (C=O) groups is 1. The molecule has 0 saturated heterocycles. The molecule has 21 heavy (non-hydrogen) atoms. The number of fused-ring (bicyclic) bond motifs is 1. The molecule has 0 saturated carbocycles. The molecule has 3 heteroatoms. The van der Waals surface area contributed by atoms with Crippen molar-refractivity contribution < 1.29 is 4.79 Å². The van der Waals surface area contributed by atoms with Crippen molar-refractivity contribution in [1.29, 1.82) is 0 Å². The van der Waals surface area contributed by atoms with Crippen molar-refractivity contribution in [3.8, 4) is 0 Å². The lowest BCUT2D eigenvalue weighted by Gasteiger charge is -2.25. The van der Waals surface area contributed by atoms with Gasteiger partial charge in [-0.25, -0.2) is 0 Å². The van der Waals surface area contributed by atoms with E-state index in [9.17, 15) is 4.79 Å². The number of carbonyl (C=O) groups excluding carboxylic acids is 1. The quantitative estimate of drug-likeness (QED) is 0.775. The Labute approximate surface area is 130 Å². The van der Waals surface area contributed by atoms with Crippen LogP contribution in [0.3, 0.4) is 0 Å². The molecule has 1 heterocycles. The molecule has 0 unspecified atom stereocenters. The molecule has 0 aromatic heterocycles. The molecule has 108 valence electrons. The number of amides is 1. The minimum absolute atomic E-state index is 0.105. The van der Waals surface area contributed by atoms with E-state index in [2.05, 4.69) is 26.0 Å². The average molecular weight is 297 g/mol. The van der Waals surface area contributed by atoms with Crippen LogP contribution in [0.15, 0.2) is 47.4 Å². The maximum atomic E-state index is 12.9. The van der Waals surface area contributed by atoms with Crippen LogP contribution in [-0.2, 0) is 0 Å². The minimum Gasteiger partial charge on any atom is -0.307 e. The summed E-state index contributed by atoms with van der Waals surface area (Å²) in [5.41, 5.74) is 4.30. The minimum atomic E-state index is 0.105. The summed E-state index contributed by atoms with van der Waals surface area (Å²) < 4.78 is 0. The molecule has 0 N–H and O–H groups in total. The molecule has 0 spiro atoms. The number of rotatable bonds is 1. The Hall–Kier alpha value is -1.74. The second kappa shape index (κ2) is 5.94. The molecule has 2 aromatic rings. The highest BCUT2D eigenvalue weighted by atomic mass is 32.2. The van der Waals surface area contributed by atoms with Crippen molar-refractivity contribution in [1.82, 2.24) is 0 Å². The van der Waals surface area contributed by atoms with Gasteiger partial charge in [0, 0.05) is 17.0 Å². The summed E-state index contributed by atoms with van der Waals surface area (Å²) >= 11 is 1.87. The van der Waals surface area contributed by atoms with E-state index in [0.29, 0.717) is 0 Å². The smallest absolute Gasteiger partial charge is 0.258 e. The van der Waals surface area contributed by atoms with Gasteiger partial charge in [-0.3, -0.25) is 4.79 Å². The number of nitrogens with zero attached hydrogens (tertiary/aromatic N) is 1. The second-order valence-electron chi connectivity index (χ2n) is 5.40. The van der Waals surface area contributed by atoms with Gasteiger partial charge in [0.25, 0.3) is 5.91 Å². The Morgan fingerprint density at radius 3 is 2.52 bits per heavy atom. The molecule has 0 aliphatic carbocycles. The Kier molecular flexibility index (Phi) is 4.02. The molecular formula is C18H19NOS. The van der Waals surface area contributed by atoms with E-state index in [1.54, 1.807) is 0 Å². The Morgan fingerprint density at radius 1 is 1.05 bits per heavy atom. The maximum absolute atomic E-state index is 12.9. The van der Waals surface area contributed by atoms with Crippen molar-refractivity contribution in [2.45, 2.75) is 25.2 Å². The van der Waals surface area contributed by atoms with Crippen LogP contribution >= 0.6 is 11.8 Å². The number of hydrogen-bond acceptors (Lipinski definition) is 2. The first-order chi connectivity index (χ1) is 10.2. The lowest BCUT2D eigenvalue weighted by atomic mass is 10.1. The summed E-state index contributed by atoms with van der Waals surface area (Å²) in [6.07, 6.45) is 1.02. The fourth-order valence-electron chi connectivity index (χ4n) is 2.74. The number of thioether (sulfide) groups is 1. The first-order valence-electron chi connectivity index (χ1n) is 7.28. The first kappa shape index (κ1) is 14.2. The lowest BCUT2D eigenvalue weighted by Crippen LogP contribution is -2.32. The van der Waals surface area contributed by atoms with E-state index >= 15 is 0 Å². The van der Waals surface area contributed by atoms with Crippen molar-refractivity contribution >= 4 is 23.4 Å². The van der Waals surface area contributed by atoms with Gasteiger partial charge in [-0.05, 0) is 49.3 Å². The normalized spacial score (nSPS) is 14.5. The van der Waals surface area contributed by atoms with Crippen LogP contribution in [0, 0.1) is 13.8 Å². The predicted molar refractivity (Wildman–Crippen MR) is 89.4 cm³/mol. The van der Waals surface area contributed by atoms with Gasteiger partial charge in [0.05, 0.1) is 5.69 Å². The zero-order chi connectivity index (χ0) is 14.8. The molecule has 0 bridgehead atoms. The van der Waals surface area contributed by atoms with Gasteiger partial charge in [-0.15, -0.1) is 11.8 Å². The van der Waals surface area contributed by atoms with Gasteiger partial charge < -0.3 is 4.90 Å². The van der Waals surface area contributed by atoms with E-state index in [4.69, 9.17) is 0 Å². The molecule has 3 rings (SSSR count). The zero-order valence-electron chi connectivity index (χ0n) is 12.4. The van der Waals surface area contributed by atoms with Crippen molar-refractivity contribution in [2.75, 3.05) is 17.2 Å². The zero-order valence-corrected chi connectivity index (χ0v) is 13.2. The van der Waals surface area contributed by atoms with Gasteiger partial charge >= 0.3 is 0 Å². The summed E-state index contributed by atoms with van der Waals surface area (Å²) in [6, 6.07) is 13.8. The fourth-order valence-corrected chi connectivity index (χ4v) is 3.92. The number of hydrogen-bond donors (Lipinski definition) is 0. The Balaban J connectivity index is 2.09. The number of aryl methyl sites for hydroxylation is 2. The molecular weight excluding hydrogens is 278 g/mol. The highest BCUT2D eigenvalue weighted by molar-refractivity contribution is 7.99. The third-order valence-corrected chi connectivity index (χ3v) is 5.14. The van der Waals surface area contributed by atoms with Crippen LogP contribution < -0.4 is 4.90 Å². The molecule has 0 radical (unpaired) electrons. The van der Waals surface area contributed by atoms with Gasteiger partial charge in [0.15, 0.2) is 0 Å². The first-order valence-corrected chi connectivity index (χ1v) is 8.27. The molecule has 2 aromatic carbocycles. The van der Waals surface area contributed by atoms with Crippen molar-refractivity contribution in [3.63, 3.8) is 0 Å². The van der Waals surface area contributed by atoms with E-state index in [1.807, 2.05) is 47.0 Å². The van der Waals surface area contributed by atoms with Gasteiger partial charge in [-0.1, -0.05) is 30.3 Å². The molecule has 2 nitrogen and oxygen atoms in total. The molecule has 1 amide bonds. The second-order valence-corrected chi connectivity index (χ2v) is 6.51. The Bertz CT molecular complexity index is 666. The molecule has 1 aliphatic heterocycles. The molecule has 0 atom stereocenters. The lowest BCUT2D eigenvalue weighted by molar-refractivity contribution is 0.0986. The van der Waals surface area contributed by atoms with E-state index in [-0.39, 0.29) is 5.91 Å². The van der Waals surface area contributed by atoms with Crippen LogP contribution in [0.5, 0.6) is 0 Å². The van der Waals surface area contributed by atoms with Gasteiger partial charge in [0.2, 0.25) is 0 Å². The van der Waals surface area contributed by atoms with E-state index in [0.717, 1.165) is 30.0 Å². The van der Waals surface area contributed by atoms with Crippen LogP contribution in [0.1, 0.15) is 27.9 Å². The van der Waals surface area contributed by atoms with Crippen molar-refractivity contribution in [2.24, 2.45) is 0 Å². The summed E-state index contributed by atoms with van der Waals surface area (Å²) in [7, 11) is 0. The third kappa shape index (κ3) is 2.70. The Morgan fingerprint density at radius 2 is 1.76 bits per heavy atom. The standard InChI is InChI=1S/C18H19NOS/c1-13-9-10-14(2)17-16(13)19(11-6-12-21-17)18(20)15-7-4-3-5-8-15/h3-5,7-10H,6,11-12H2,1-2H3. The topological polar surface area (TPSA) is 20.3 Å². The average Bonchev–Trinajstić information content (AvgIpc) is 2.75. The highest BCUT2D eigenvalue weighted by Crippen LogP contribution is 2.39. The summed E-state index contributed by atoms with van der Waals surface area (Å²) in [6.45, 7) is 5.01. The van der Waals surface area contributed by atoms with Crippen LogP contribution in [0.4, 0.5) is 5.69 Å². The van der Waals surface area contributed by atoms with Crippen LogP contribution in [0.25, 0.3) is 0 Å². The largest absolute Gasteiger partial charge is 0.307 e. The summed E-state index contributed by atoms with van der Waals surface area (Å²) in [5.74, 6) is 1.17. The number of anilines is 1. The van der Waals surface area contributed by atoms with E-state index in [1.165, 1.54) is 16.0 Å². The number of benzene rings is 2. The van der Waals surface area contributed by atoms with Crippen molar-refractivity contribution in [3.05, 3.63) is 59.2 Å². The SMILES string of the molecule is Cc1ccc(C)c2c1SCCCN2C(=O)c1ccccc1. The van der Waals surface area contributed by atoms with E-state index < -0.39 is 0 Å². The maximum Gasteiger partial charge on any atom is 0.258 e. The monoisotopic (exact) mass is 297 g/mol. The van der Waals surface area contributed by atoms with Crippen LogP contribution in [0.2, 0.25) is 0 Å².